The van der Waals surface area contributed by atoms with Gasteiger partial charge in [0.1, 0.15) is 11.6 Å². The summed E-state index contributed by atoms with van der Waals surface area (Å²) in [5.74, 6) is -1.36. The molecule has 6 nitrogen and oxygen atoms in total. The number of hydrogen-bond acceptors (Lipinski definition) is 4. The molecule has 0 aliphatic heterocycles. The van der Waals surface area contributed by atoms with Crippen molar-refractivity contribution in [3.8, 4) is 0 Å². The zero-order chi connectivity index (χ0) is 19.4. The van der Waals surface area contributed by atoms with Crippen molar-refractivity contribution in [1.29, 1.82) is 0 Å². The molecule has 1 aromatic rings. The van der Waals surface area contributed by atoms with E-state index in [0.29, 0.717) is 6.07 Å². The standard InChI is InChI=1S/C15H18ClF3N2O4/c1-14(2,3)25-13(24)20-7-11(12(22)23)21-8-4-5-10(16)9(6-8)15(17,18)19/h4-6,11,21H,7H2,1-3H3,(H,20,24)(H,22,23)/t11-/m0/s1. The van der Waals surface area contributed by atoms with Crippen LogP contribution in [-0.2, 0) is 15.7 Å². The molecule has 0 bridgehead atoms. The Balaban J connectivity index is 2.83. The number of alkyl halides is 3. The number of nitrogens with one attached hydrogen (secondary N) is 2. The molecule has 0 fully saturated rings. The molecule has 0 aliphatic rings. The summed E-state index contributed by atoms with van der Waals surface area (Å²) in [4.78, 5) is 22.8. The van der Waals surface area contributed by atoms with Gasteiger partial charge < -0.3 is 20.5 Å². The van der Waals surface area contributed by atoms with Crippen molar-refractivity contribution in [2.75, 3.05) is 11.9 Å². The van der Waals surface area contributed by atoms with Crippen LogP contribution in [0.4, 0.5) is 23.7 Å². The fourth-order valence-corrected chi connectivity index (χ4v) is 1.96. The number of amides is 1. The molecule has 3 N–H and O–H groups in total. The van der Waals surface area contributed by atoms with Crippen LogP contribution in [0, 0.1) is 0 Å². The van der Waals surface area contributed by atoms with E-state index in [0.717, 1.165) is 6.07 Å². The Kier molecular flexibility index (Phi) is 6.53. The van der Waals surface area contributed by atoms with Crippen LogP contribution in [0.1, 0.15) is 26.3 Å². The lowest BCUT2D eigenvalue weighted by Gasteiger charge is -2.21. The summed E-state index contributed by atoms with van der Waals surface area (Å²) in [5, 5.41) is 13.3. The van der Waals surface area contributed by atoms with Crippen LogP contribution in [0.15, 0.2) is 18.2 Å². The Morgan fingerprint density at radius 1 is 1.28 bits per heavy atom. The maximum atomic E-state index is 12.8. The molecule has 140 valence electrons. The topological polar surface area (TPSA) is 87.7 Å². The Bertz CT molecular complexity index is 645. The summed E-state index contributed by atoms with van der Waals surface area (Å²) in [7, 11) is 0. The Morgan fingerprint density at radius 3 is 2.36 bits per heavy atom. The monoisotopic (exact) mass is 382 g/mol. The van der Waals surface area contributed by atoms with Gasteiger partial charge in [0.05, 0.1) is 17.1 Å². The normalized spacial score (nSPS) is 13.1. The second-order valence-electron chi connectivity index (χ2n) is 6.11. The van der Waals surface area contributed by atoms with Gasteiger partial charge in [0.15, 0.2) is 0 Å². The minimum atomic E-state index is -4.68. The maximum Gasteiger partial charge on any atom is 0.417 e. The number of rotatable bonds is 5. The van der Waals surface area contributed by atoms with Crippen LogP contribution in [0.2, 0.25) is 5.02 Å². The zero-order valence-electron chi connectivity index (χ0n) is 13.7. The molecule has 25 heavy (non-hydrogen) atoms. The van der Waals surface area contributed by atoms with Gasteiger partial charge in [-0.2, -0.15) is 13.2 Å². The Morgan fingerprint density at radius 2 is 1.88 bits per heavy atom. The van der Waals surface area contributed by atoms with E-state index in [4.69, 9.17) is 21.4 Å². The van der Waals surface area contributed by atoms with Gasteiger partial charge in [-0.3, -0.25) is 0 Å². The number of carbonyl (C=O) groups excluding carboxylic acids is 1. The second-order valence-corrected chi connectivity index (χ2v) is 6.52. The van der Waals surface area contributed by atoms with Crippen molar-refractivity contribution in [3.05, 3.63) is 28.8 Å². The smallest absolute Gasteiger partial charge is 0.417 e. The van der Waals surface area contributed by atoms with Gasteiger partial charge >= 0.3 is 18.2 Å². The zero-order valence-corrected chi connectivity index (χ0v) is 14.5. The number of carbonyl (C=O) groups is 2. The molecular formula is C15H18ClF3N2O4. The van der Waals surface area contributed by atoms with E-state index in [1.165, 1.54) is 6.07 Å². The highest BCUT2D eigenvalue weighted by Crippen LogP contribution is 2.36. The van der Waals surface area contributed by atoms with Gasteiger partial charge in [-0.05, 0) is 39.0 Å². The molecule has 1 aromatic carbocycles. The molecule has 0 spiro atoms. The molecule has 1 rings (SSSR count). The average molecular weight is 383 g/mol. The first-order valence-corrected chi connectivity index (χ1v) is 7.50. The molecule has 0 heterocycles. The Hall–Kier alpha value is -2.16. The number of halogens is 4. The molecule has 0 saturated heterocycles. The van der Waals surface area contributed by atoms with Crippen molar-refractivity contribution in [1.82, 2.24) is 5.32 Å². The summed E-state index contributed by atoms with van der Waals surface area (Å²) in [6.07, 6.45) is -5.52. The number of hydrogen-bond donors (Lipinski definition) is 3. The van der Waals surface area contributed by atoms with Gasteiger partial charge in [-0.15, -0.1) is 0 Å². The molecular weight excluding hydrogens is 365 g/mol. The van der Waals surface area contributed by atoms with Crippen molar-refractivity contribution >= 4 is 29.4 Å². The van der Waals surface area contributed by atoms with E-state index in [1.54, 1.807) is 20.8 Å². The van der Waals surface area contributed by atoms with Crippen LogP contribution < -0.4 is 10.6 Å². The van der Waals surface area contributed by atoms with Gasteiger partial charge in [0, 0.05) is 5.69 Å². The highest BCUT2D eigenvalue weighted by molar-refractivity contribution is 6.31. The van der Waals surface area contributed by atoms with E-state index < -0.39 is 47.0 Å². The van der Waals surface area contributed by atoms with Crippen LogP contribution >= 0.6 is 11.6 Å². The molecule has 0 aromatic heterocycles. The minimum Gasteiger partial charge on any atom is -0.480 e. The fourth-order valence-electron chi connectivity index (χ4n) is 1.73. The van der Waals surface area contributed by atoms with Crippen molar-refractivity contribution < 1.29 is 32.6 Å². The third-order valence-corrected chi connectivity index (χ3v) is 3.09. The number of benzene rings is 1. The largest absolute Gasteiger partial charge is 0.480 e. The van der Waals surface area contributed by atoms with Crippen LogP contribution in [0.25, 0.3) is 0 Å². The summed E-state index contributed by atoms with van der Waals surface area (Å²) in [6.45, 7) is 4.50. The Labute approximate surface area is 147 Å². The number of ether oxygens (including phenoxy) is 1. The average Bonchev–Trinajstić information content (AvgIpc) is 2.41. The predicted octanol–water partition coefficient (Wildman–Crippen LogP) is 3.75. The minimum absolute atomic E-state index is 0.102. The summed E-state index contributed by atoms with van der Waals surface area (Å²) >= 11 is 5.51. The first-order chi connectivity index (χ1) is 11.3. The van der Waals surface area contributed by atoms with Crippen molar-refractivity contribution in [2.45, 2.75) is 38.6 Å². The van der Waals surface area contributed by atoms with Crippen molar-refractivity contribution in [3.63, 3.8) is 0 Å². The molecule has 0 unspecified atom stereocenters. The fraction of sp³-hybridized carbons (Fsp3) is 0.467. The molecule has 10 heteroatoms. The highest BCUT2D eigenvalue weighted by Gasteiger charge is 2.33. The van der Waals surface area contributed by atoms with Crippen LogP contribution in [0.5, 0.6) is 0 Å². The third kappa shape index (κ3) is 7.08. The lowest BCUT2D eigenvalue weighted by molar-refractivity contribution is -0.138. The number of alkyl carbamates (subject to hydrolysis) is 1. The first-order valence-electron chi connectivity index (χ1n) is 7.12. The predicted molar refractivity (Wildman–Crippen MR) is 85.7 cm³/mol. The van der Waals surface area contributed by atoms with Gasteiger partial charge in [0.25, 0.3) is 0 Å². The molecule has 0 saturated carbocycles. The maximum absolute atomic E-state index is 12.8. The number of anilines is 1. The number of carboxylic acids is 1. The van der Waals surface area contributed by atoms with E-state index >= 15 is 0 Å². The number of carboxylic acid groups (broad SMARTS) is 1. The SMILES string of the molecule is CC(C)(C)OC(=O)NC[C@H](Nc1ccc(Cl)c(C(F)(F)F)c1)C(=O)O. The quantitative estimate of drug-likeness (QED) is 0.722. The second kappa shape index (κ2) is 7.81. The molecule has 1 atom stereocenters. The summed E-state index contributed by atoms with van der Waals surface area (Å²) < 4.78 is 43.5. The van der Waals surface area contributed by atoms with E-state index in [9.17, 15) is 22.8 Å². The molecule has 1 amide bonds. The van der Waals surface area contributed by atoms with Crippen LogP contribution in [-0.4, -0.2) is 35.4 Å². The molecule has 0 aliphatic carbocycles. The van der Waals surface area contributed by atoms with E-state index in [-0.39, 0.29) is 5.69 Å². The lowest BCUT2D eigenvalue weighted by atomic mass is 10.1. The van der Waals surface area contributed by atoms with E-state index in [2.05, 4.69) is 10.6 Å². The first kappa shape index (κ1) is 20.9. The molecule has 0 radical (unpaired) electrons. The number of aliphatic carboxylic acids is 1. The van der Waals surface area contributed by atoms with Crippen LogP contribution in [0.3, 0.4) is 0 Å². The highest BCUT2D eigenvalue weighted by atomic mass is 35.5. The van der Waals surface area contributed by atoms with Gasteiger partial charge in [0.2, 0.25) is 0 Å². The van der Waals surface area contributed by atoms with Gasteiger partial charge in [-0.1, -0.05) is 11.6 Å². The van der Waals surface area contributed by atoms with Crippen molar-refractivity contribution in [2.24, 2.45) is 0 Å². The summed E-state index contributed by atoms with van der Waals surface area (Å²) in [6, 6.07) is 1.55. The summed E-state index contributed by atoms with van der Waals surface area (Å²) in [5.41, 5.74) is -1.97. The van der Waals surface area contributed by atoms with Gasteiger partial charge in [-0.25, -0.2) is 9.59 Å². The lowest BCUT2D eigenvalue weighted by Crippen LogP contribution is -2.43. The third-order valence-electron chi connectivity index (χ3n) is 2.76. The van der Waals surface area contributed by atoms with E-state index in [1.807, 2.05) is 0 Å².